The van der Waals surface area contributed by atoms with Crippen LogP contribution in [0.5, 0.6) is 5.75 Å². The van der Waals surface area contributed by atoms with Gasteiger partial charge in [0.1, 0.15) is 17.4 Å². The highest BCUT2D eigenvalue weighted by molar-refractivity contribution is 9.10. The van der Waals surface area contributed by atoms with Crippen molar-refractivity contribution in [3.8, 4) is 11.8 Å². The van der Waals surface area contributed by atoms with Gasteiger partial charge in [-0.25, -0.2) is 0 Å². The van der Waals surface area contributed by atoms with E-state index in [1.807, 2.05) is 48.7 Å². The van der Waals surface area contributed by atoms with E-state index in [4.69, 9.17) is 10.5 Å². The van der Waals surface area contributed by atoms with Gasteiger partial charge in [-0.05, 0) is 35.4 Å². The zero-order valence-electron chi connectivity index (χ0n) is 12.0. The van der Waals surface area contributed by atoms with Crippen molar-refractivity contribution in [2.24, 2.45) is 5.73 Å². The van der Waals surface area contributed by atoms with E-state index >= 15 is 0 Å². The summed E-state index contributed by atoms with van der Waals surface area (Å²) in [6, 6.07) is 15.9. The van der Waals surface area contributed by atoms with Crippen LogP contribution in [0.1, 0.15) is 17.0 Å². The van der Waals surface area contributed by atoms with E-state index in [-0.39, 0.29) is 11.8 Å². The lowest BCUT2D eigenvalue weighted by molar-refractivity contribution is 0.420. The largest absolute Gasteiger partial charge is 0.440 e. The number of allylic oxidation sites excluding steroid dienone is 1. The molecule has 0 fully saturated rings. The minimum Gasteiger partial charge on any atom is -0.440 e. The molecule has 3 N–H and O–H groups in total. The number of hydrogen-bond acceptors (Lipinski definition) is 3. The molecule has 3 aromatic rings. The van der Waals surface area contributed by atoms with Crippen molar-refractivity contribution in [3.05, 3.63) is 75.7 Å². The average molecular weight is 366 g/mol. The van der Waals surface area contributed by atoms with Gasteiger partial charge in [0.25, 0.3) is 0 Å². The third kappa shape index (κ3) is 2.11. The monoisotopic (exact) mass is 365 g/mol. The molecule has 1 unspecified atom stereocenters. The van der Waals surface area contributed by atoms with Crippen LogP contribution in [0.4, 0.5) is 0 Å². The minimum absolute atomic E-state index is 0.157. The van der Waals surface area contributed by atoms with Crippen LogP contribution in [-0.4, -0.2) is 4.98 Å². The molecule has 2 heterocycles. The maximum Gasteiger partial charge on any atom is 0.205 e. The molecule has 4 nitrogen and oxygen atoms in total. The Bertz CT molecular complexity index is 980. The van der Waals surface area contributed by atoms with Gasteiger partial charge >= 0.3 is 0 Å². The molecule has 112 valence electrons. The molecule has 0 saturated carbocycles. The summed E-state index contributed by atoms with van der Waals surface area (Å²) in [7, 11) is 0. The second kappa shape index (κ2) is 5.18. The van der Waals surface area contributed by atoms with E-state index in [1.54, 1.807) is 0 Å². The number of ether oxygens (including phenoxy) is 1. The van der Waals surface area contributed by atoms with Crippen LogP contribution in [-0.2, 0) is 0 Å². The Kier molecular flexibility index (Phi) is 3.14. The molecule has 0 radical (unpaired) electrons. The van der Waals surface area contributed by atoms with Crippen molar-refractivity contribution < 1.29 is 4.74 Å². The molecule has 1 aliphatic rings. The number of halogens is 1. The van der Waals surface area contributed by atoms with Crippen LogP contribution in [0.25, 0.3) is 10.9 Å². The number of nitrogens with two attached hydrogens (primary N) is 1. The number of aromatic nitrogens is 1. The number of nitrogens with one attached hydrogen (secondary N) is 1. The Morgan fingerprint density at radius 2 is 1.96 bits per heavy atom. The zero-order valence-corrected chi connectivity index (χ0v) is 13.6. The van der Waals surface area contributed by atoms with E-state index in [0.29, 0.717) is 11.3 Å². The van der Waals surface area contributed by atoms with E-state index in [1.165, 1.54) is 0 Å². The lowest BCUT2D eigenvalue weighted by Crippen LogP contribution is -2.12. The second-order valence-electron chi connectivity index (χ2n) is 5.40. The normalized spacial score (nSPS) is 16.8. The molecule has 1 aliphatic heterocycles. The molecule has 0 saturated heterocycles. The third-order valence-electron chi connectivity index (χ3n) is 4.11. The van der Waals surface area contributed by atoms with Crippen molar-refractivity contribution in [1.29, 1.82) is 5.26 Å². The molecular formula is C18H12BrN3O. The van der Waals surface area contributed by atoms with Gasteiger partial charge in [0, 0.05) is 21.6 Å². The lowest BCUT2D eigenvalue weighted by Gasteiger charge is -2.15. The number of nitriles is 1. The molecule has 0 spiro atoms. The summed E-state index contributed by atoms with van der Waals surface area (Å²) < 4.78 is 6.76. The fourth-order valence-electron chi connectivity index (χ4n) is 3.08. The van der Waals surface area contributed by atoms with Crippen molar-refractivity contribution in [2.75, 3.05) is 0 Å². The van der Waals surface area contributed by atoms with Crippen LogP contribution in [0.15, 0.2) is 64.6 Å². The van der Waals surface area contributed by atoms with Crippen LogP contribution in [0.3, 0.4) is 0 Å². The molecule has 5 heteroatoms. The molecule has 0 aliphatic carbocycles. The van der Waals surface area contributed by atoms with Gasteiger partial charge in [0.05, 0.1) is 5.92 Å². The van der Waals surface area contributed by atoms with Gasteiger partial charge in [-0.1, -0.05) is 34.1 Å². The van der Waals surface area contributed by atoms with Gasteiger partial charge in [0.15, 0.2) is 0 Å². The molecule has 4 rings (SSSR count). The highest BCUT2D eigenvalue weighted by Crippen LogP contribution is 2.43. The summed E-state index contributed by atoms with van der Waals surface area (Å²) in [5.74, 6) is 0.568. The fraction of sp³-hybridized carbons (Fsp3) is 0.0556. The molecule has 23 heavy (non-hydrogen) atoms. The number of benzene rings is 2. The molecule has 0 bridgehead atoms. The van der Waals surface area contributed by atoms with Crippen LogP contribution < -0.4 is 10.5 Å². The van der Waals surface area contributed by atoms with E-state index in [9.17, 15) is 5.26 Å². The molecule has 1 aromatic heterocycles. The zero-order chi connectivity index (χ0) is 16.0. The standard InChI is InChI=1S/C18H12BrN3O/c19-11-6-4-10(5-7-11)16-12(8-20)18(21)23-15-3-1-2-14-17(15)13(16)9-22-14/h1-7,9,16,22H,21H2. The molecule has 0 amide bonds. The third-order valence-corrected chi connectivity index (χ3v) is 4.64. The van der Waals surface area contributed by atoms with Crippen molar-refractivity contribution in [3.63, 3.8) is 0 Å². The maximum atomic E-state index is 9.66. The lowest BCUT2D eigenvalue weighted by atomic mass is 9.85. The number of nitrogens with zero attached hydrogens (tertiary/aromatic N) is 1. The maximum absolute atomic E-state index is 9.66. The molecular weight excluding hydrogens is 354 g/mol. The number of aromatic amines is 1. The summed E-state index contributed by atoms with van der Waals surface area (Å²) in [5.41, 5.74) is 9.45. The smallest absolute Gasteiger partial charge is 0.205 e. The van der Waals surface area contributed by atoms with Crippen molar-refractivity contribution in [1.82, 2.24) is 4.98 Å². The predicted octanol–water partition coefficient (Wildman–Crippen LogP) is 4.15. The summed E-state index contributed by atoms with van der Waals surface area (Å²) in [6.07, 6.45) is 1.93. The molecule has 1 atom stereocenters. The number of hydrogen-bond donors (Lipinski definition) is 2. The topological polar surface area (TPSA) is 74.8 Å². The van der Waals surface area contributed by atoms with Crippen LogP contribution in [0, 0.1) is 11.3 Å². The van der Waals surface area contributed by atoms with E-state index in [0.717, 1.165) is 26.5 Å². The Morgan fingerprint density at radius 1 is 1.17 bits per heavy atom. The van der Waals surface area contributed by atoms with E-state index < -0.39 is 0 Å². The van der Waals surface area contributed by atoms with Crippen LogP contribution >= 0.6 is 15.9 Å². The summed E-state index contributed by atoms with van der Waals surface area (Å²) >= 11 is 3.44. The fourth-order valence-corrected chi connectivity index (χ4v) is 3.35. The summed E-state index contributed by atoms with van der Waals surface area (Å²) in [6.45, 7) is 0. The van der Waals surface area contributed by atoms with Gasteiger partial charge in [-0.3, -0.25) is 0 Å². The van der Waals surface area contributed by atoms with Crippen LogP contribution in [0.2, 0.25) is 0 Å². The van der Waals surface area contributed by atoms with Gasteiger partial charge in [-0.2, -0.15) is 5.26 Å². The van der Waals surface area contributed by atoms with Gasteiger partial charge in [-0.15, -0.1) is 0 Å². The highest BCUT2D eigenvalue weighted by Gasteiger charge is 2.29. The predicted molar refractivity (Wildman–Crippen MR) is 91.7 cm³/mol. The van der Waals surface area contributed by atoms with E-state index in [2.05, 4.69) is 27.0 Å². The Morgan fingerprint density at radius 3 is 2.70 bits per heavy atom. The Hall–Kier alpha value is -2.71. The van der Waals surface area contributed by atoms with Crippen molar-refractivity contribution in [2.45, 2.75) is 5.92 Å². The first kappa shape index (κ1) is 13.9. The van der Waals surface area contributed by atoms with Gasteiger partial charge in [0.2, 0.25) is 5.88 Å². The first-order chi connectivity index (χ1) is 11.2. The second-order valence-corrected chi connectivity index (χ2v) is 6.31. The quantitative estimate of drug-likeness (QED) is 0.680. The Balaban J connectivity index is 2.05. The number of H-pyrrole nitrogens is 1. The first-order valence-electron chi connectivity index (χ1n) is 7.12. The first-order valence-corrected chi connectivity index (χ1v) is 7.91. The highest BCUT2D eigenvalue weighted by atomic mass is 79.9. The summed E-state index contributed by atoms with van der Waals surface area (Å²) in [4.78, 5) is 3.26. The average Bonchev–Trinajstić information content (AvgIpc) is 2.93. The van der Waals surface area contributed by atoms with Crippen molar-refractivity contribution >= 4 is 26.8 Å². The van der Waals surface area contributed by atoms with Gasteiger partial charge < -0.3 is 15.5 Å². The summed E-state index contributed by atoms with van der Waals surface area (Å²) in [5, 5.41) is 10.6. The molecule has 2 aromatic carbocycles. The SMILES string of the molecule is N#CC1=C(N)Oc2cccc3[nH]cc(c23)C1c1ccc(Br)cc1. The minimum atomic E-state index is -0.259. The Labute approximate surface area is 141 Å². The number of rotatable bonds is 1.